The fourth-order valence-electron chi connectivity index (χ4n) is 3.96. The topological polar surface area (TPSA) is 180 Å². The van der Waals surface area contributed by atoms with Crippen molar-refractivity contribution in [2.45, 2.75) is 31.8 Å². The second-order valence-corrected chi connectivity index (χ2v) is 10.2. The standard InChI is InChI=1S/C25H24N4O8S/c1-12-20(24(32)36-4)13(2)26-21(12)22(30)14(3)37-23(31)15-5-7-16(8-6-15)29-38(34,35)17-9-10-18-19(11-17)28-25(33)27-18/h5-11,14,26,29H,1-4H3,(H2,27,28,33)/t14-/m0/s1. The van der Waals surface area contributed by atoms with Gasteiger partial charge in [-0.1, -0.05) is 0 Å². The molecule has 2 aromatic heterocycles. The van der Waals surface area contributed by atoms with Gasteiger partial charge in [-0.25, -0.2) is 22.8 Å². The van der Waals surface area contributed by atoms with Crippen molar-refractivity contribution < 1.29 is 32.3 Å². The molecule has 2 aromatic carbocycles. The minimum Gasteiger partial charge on any atom is -0.465 e. The Kier molecular flexibility index (Phi) is 6.96. The lowest BCUT2D eigenvalue weighted by atomic mass is 10.1. The van der Waals surface area contributed by atoms with Gasteiger partial charge >= 0.3 is 17.6 Å². The number of ether oxygens (including phenoxy) is 2. The van der Waals surface area contributed by atoms with E-state index in [0.717, 1.165) is 0 Å². The Labute approximate surface area is 216 Å². The molecule has 1 atom stereocenters. The van der Waals surface area contributed by atoms with Gasteiger partial charge in [-0.3, -0.25) is 9.52 Å². The summed E-state index contributed by atoms with van der Waals surface area (Å²) in [5, 5.41) is 0. The van der Waals surface area contributed by atoms with Gasteiger partial charge < -0.3 is 24.4 Å². The maximum absolute atomic E-state index is 12.9. The maximum atomic E-state index is 12.9. The highest BCUT2D eigenvalue weighted by molar-refractivity contribution is 7.92. The van der Waals surface area contributed by atoms with Crippen LogP contribution in [0.3, 0.4) is 0 Å². The second-order valence-electron chi connectivity index (χ2n) is 8.50. The van der Waals surface area contributed by atoms with Gasteiger partial charge in [-0.2, -0.15) is 0 Å². The smallest absolute Gasteiger partial charge is 0.339 e. The number of imidazole rings is 1. The van der Waals surface area contributed by atoms with Crippen LogP contribution in [-0.4, -0.2) is 54.3 Å². The Balaban J connectivity index is 1.44. The molecule has 0 amide bonds. The fourth-order valence-corrected chi connectivity index (χ4v) is 5.04. The first-order valence-corrected chi connectivity index (χ1v) is 12.8. The Morgan fingerprint density at radius 1 is 0.921 bits per heavy atom. The number of ketones is 1. The van der Waals surface area contributed by atoms with E-state index < -0.39 is 39.5 Å². The quantitative estimate of drug-likeness (QED) is 0.194. The summed E-state index contributed by atoms with van der Waals surface area (Å²) in [6, 6.07) is 9.58. The average molecular weight is 541 g/mol. The molecule has 4 N–H and O–H groups in total. The number of H-pyrrole nitrogens is 3. The van der Waals surface area contributed by atoms with Crippen LogP contribution in [0.4, 0.5) is 5.69 Å². The molecule has 0 aliphatic carbocycles. The lowest BCUT2D eigenvalue weighted by Crippen LogP contribution is -2.25. The molecule has 0 radical (unpaired) electrons. The number of esters is 2. The zero-order valence-electron chi connectivity index (χ0n) is 20.8. The number of nitrogens with one attached hydrogen (secondary N) is 4. The summed E-state index contributed by atoms with van der Waals surface area (Å²) in [5.74, 6) is -1.91. The molecule has 0 aliphatic rings. The number of aromatic amines is 3. The number of methoxy groups -OCH3 is 1. The van der Waals surface area contributed by atoms with E-state index in [1.807, 2.05) is 0 Å². The minimum atomic E-state index is -3.99. The van der Waals surface area contributed by atoms with Gasteiger partial charge in [0.15, 0.2) is 6.10 Å². The third-order valence-corrected chi connectivity index (χ3v) is 7.28. The summed E-state index contributed by atoms with van der Waals surface area (Å²) < 4.78 is 38.0. The summed E-state index contributed by atoms with van der Waals surface area (Å²) in [5.41, 5.74) is 1.85. The van der Waals surface area contributed by atoms with Crippen LogP contribution in [0.1, 0.15) is 49.4 Å². The normalized spacial score (nSPS) is 12.2. The van der Waals surface area contributed by atoms with Crippen LogP contribution in [0.5, 0.6) is 0 Å². The van der Waals surface area contributed by atoms with Crippen molar-refractivity contribution in [3.63, 3.8) is 0 Å². The zero-order chi connectivity index (χ0) is 27.8. The lowest BCUT2D eigenvalue weighted by Gasteiger charge is -2.13. The van der Waals surface area contributed by atoms with Crippen molar-refractivity contribution in [3.8, 4) is 0 Å². The first-order valence-electron chi connectivity index (χ1n) is 11.3. The third kappa shape index (κ3) is 5.09. The number of hydrogen-bond donors (Lipinski definition) is 4. The van der Waals surface area contributed by atoms with Crippen molar-refractivity contribution in [1.82, 2.24) is 15.0 Å². The van der Waals surface area contributed by atoms with E-state index in [0.29, 0.717) is 22.3 Å². The van der Waals surface area contributed by atoms with Crippen LogP contribution in [0, 0.1) is 13.8 Å². The average Bonchev–Trinajstić information content (AvgIpc) is 3.40. The van der Waals surface area contributed by atoms with E-state index in [1.165, 1.54) is 56.5 Å². The van der Waals surface area contributed by atoms with Gasteiger partial charge in [-0.05, 0) is 68.8 Å². The molecule has 198 valence electrons. The molecule has 4 aromatic rings. The maximum Gasteiger partial charge on any atom is 0.339 e. The Hall–Kier alpha value is -4.65. The summed E-state index contributed by atoms with van der Waals surface area (Å²) in [6.45, 7) is 4.62. The lowest BCUT2D eigenvalue weighted by molar-refractivity contribution is 0.0316. The first-order chi connectivity index (χ1) is 17.9. The molecular weight excluding hydrogens is 516 g/mol. The van der Waals surface area contributed by atoms with E-state index >= 15 is 0 Å². The van der Waals surface area contributed by atoms with E-state index in [4.69, 9.17) is 9.47 Å². The second kappa shape index (κ2) is 10.0. The highest BCUT2D eigenvalue weighted by Gasteiger charge is 2.27. The Bertz CT molecular complexity index is 1730. The molecule has 2 heterocycles. The molecule has 4 rings (SSSR count). The predicted molar refractivity (Wildman–Crippen MR) is 137 cm³/mol. The largest absolute Gasteiger partial charge is 0.465 e. The zero-order valence-corrected chi connectivity index (χ0v) is 21.6. The van der Waals surface area contributed by atoms with Gasteiger partial charge in [0, 0.05) is 11.4 Å². The van der Waals surface area contributed by atoms with E-state index in [2.05, 4.69) is 19.7 Å². The number of Topliss-reactive ketones (excluding diaryl/α,β-unsaturated/α-hetero) is 1. The molecular formula is C25H24N4O8S. The molecule has 13 heteroatoms. The monoisotopic (exact) mass is 540 g/mol. The van der Waals surface area contributed by atoms with Crippen LogP contribution in [0.15, 0.2) is 52.2 Å². The number of aryl methyl sites for hydroxylation is 1. The van der Waals surface area contributed by atoms with Crippen molar-refractivity contribution in [3.05, 3.63) is 81.0 Å². The third-order valence-electron chi connectivity index (χ3n) is 5.90. The van der Waals surface area contributed by atoms with Gasteiger partial charge in [0.1, 0.15) is 0 Å². The predicted octanol–water partition coefficient (Wildman–Crippen LogP) is 2.82. The number of carbonyl (C=O) groups is 3. The number of fused-ring (bicyclic) bond motifs is 1. The van der Waals surface area contributed by atoms with Crippen molar-refractivity contribution in [2.75, 3.05) is 11.8 Å². The highest BCUT2D eigenvalue weighted by atomic mass is 32.2. The van der Waals surface area contributed by atoms with Crippen LogP contribution >= 0.6 is 0 Å². The molecule has 0 fully saturated rings. The molecule has 12 nitrogen and oxygen atoms in total. The molecule has 38 heavy (non-hydrogen) atoms. The fraction of sp³-hybridized carbons (Fsp3) is 0.200. The molecule has 0 saturated carbocycles. The Morgan fingerprint density at radius 3 is 2.24 bits per heavy atom. The molecule has 0 bridgehead atoms. The number of benzene rings is 2. The summed E-state index contributed by atoms with van der Waals surface area (Å²) in [6.07, 6.45) is -1.17. The van der Waals surface area contributed by atoms with Crippen LogP contribution in [-0.2, 0) is 19.5 Å². The molecule has 0 saturated heterocycles. The van der Waals surface area contributed by atoms with Gasteiger partial charge in [0.05, 0.1) is 39.9 Å². The van der Waals surface area contributed by atoms with E-state index in [9.17, 15) is 27.6 Å². The number of hydrogen-bond acceptors (Lipinski definition) is 8. The van der Waals surface area contributed by atoms with Crippen molar-refractivity contribution in [1.29, 1.82) is 0 Å². The van der Waals surface area contributed by atoms with Crippen molar-refractivity contribution in [2.24, 2.45) is 0 Å². The number of anilines is 1. The summed E-state index contributed by atoms with van der Waals surface area (Å²) >= 11 is 0. The van der Waals surface area contributed by atoms with Crippen LogP contribution < -0.4 is 10.4 Å². The summed E-state index contributed by atoms with van der Waals surface area (Å²) in [7, 11) is -2.75. The number of sulfonamides is 1. The summed E-state index contributed by atoms with van der Waals surface area (Å²) in [4.78, 5) is 56.7. The number of aromatic nitrogens is 3. The molecule has 0 spiro atoms. The van der Waals surface area contributed by atoms with Crippen LogP contribution in [0.2, 0.25) is 0 Å². The highest BCUT2D eigenvalue weighted by Crippen LogP contribution is 2.22. The number of rotatable bonds is 8. The van der Waals surface area contributed by atoms with Gasteiger partial charge in [0.2, 0.25) is 5.78 Å². The number of carbonyl (C=O) groups excluding carboxylic acids is 3. The van der Waals surface area contributed by atoms with E-state index in [-0.39, 0.29) is 27.4 Å². The van der Waals surface area contributed by atoms with Gasteiger partial charge in [-0.15, -0.1) is 0 Å². The van der Waals surface area contributed by atoms with Crippen LogP contribution in [0.25, 0.3) is 11.0 Å². The van der Waals surface area contributed by atoms with E-state index in [1.54, 1.807) is 13.8 Å². The molecule has 0 aliphatic heterocycles. The SMILES string of the molecule is COC(=O)c1c(C)[nH]c(C(=O)[C@H](C)OC(=O)c2ccc(NS(=O)(=O)c3ccc4[nH]c(=O)[nH]c4c3)cc2)c1C. The first kappa shape index (κ1) is 26.4. The Morgan fingerprint density at radius 2 is 1.58 bits per heavy atom. The van der Waals surface area contributed by atoms with Gasteiger partial charge in [0.25, 0.3) is 10.0 Å². The minimum absolute atomic E-state index is 0.0683. The van der Waals surface area contributed by atoms with Crippen molar-refractivity contribution >= 4 is 44.5 Å². The molecule has 0 unspecified atom stereocenters.